The Kier molecular flexibility index (Phi) is 10.9. The van der Waals surface area contributed by atoms with E-state index in [4.69, 9.17) is 14.2 Å². The summed E-state index contributed by atoms with van der Waals surface area (Å²) >= 11 is 0. The number of carbonyl (C=O) groups excluding carboxylic acids is 1. The maximum atomic E-state index is 11.2. The van der Waals surface area contributed by atoms with E-state index in [1.54, 1.807) is 18.2 Å². The summed E-state index contributed by atoms with van der Waals surface area (Å²) in [6, 6.07) is 21.2. The number of esters is 1. The van der Waals surface area contributed by atoms with Crippen LogP contribution in [0.25, 0.3) is 0 Å². The van der Waals surface area contributed by atoms with Crippen LogP contribution in [0.2, 0.25) is 0 Å². The van der Waals surface area contributed by atoms with Gasteiger partial charge < -0.3 is 29.7 Å². The number of rotatable bonds is 14. The summed E-state index contributed by atoms with van der Waals surface area (Å²) < 4.78 is 16.5. The van der Waals surface area contributed by atoms with Crippen molar-refractivity contribution in [3.05, 3.63) is 94.5 Å². The molecule has 0 radical (unpaired) electrons. The van der Waals surface area contributed by atoms with Crippen molar-refractivity contribution < 1.29 is 29.2 Å². The Labute approximate surface area is 212 Å². The summed E-state index contributed by atoms with van der Waals surface area (Å²) in [5, 5.41) is 23.2. The fraction of sp³-hybridized carbons (Fsp3) is 0.345. The van der Waals surface area contributed by atoms with Gasteiger partial charge in [0, 0.05) is 19.0 Å². The highest BCUT2D eigenvalue weighted by Gasteiger charge is 2.12. The molecule has 0 amide bonds. The van der Waals surface area contributed by atoms with Crippen molar-refractivity contribution in [2.45, 2.75) is 39.6 Å². The average molecular weight is 494 g/mol. The molecule has 36 heavy (non-hydrogen) atoms. The van der Waals surface area contributed by atoms with Gasteiger partial charge in [0.25, 0.3) is 0 Å². The van der Waals surface area contributed by atoms with Gasteiger partial charge in [-0.05, 0) is 60.8 Å². The van der Waals surface area contributed by atoms with E-state index in [0.29, 0.717) is 49.8 Å². The summed E-state index contributed by atoms with van der Waals surface area (Å²) in [7, 11) is 0. The molecule has 0 saturated carbocycles. The van der Waals surface area contributed by atoms with Crippen molar-refractivity contribution in [3.8, 4) is 11.5 Å². The lowest BCUT2D eigenvalue weighted by atomic mass is 10.0. The average Bonchev–Trinajstić information content (AvgIpc) is 2.87. The highest BCUT2D eigenvalue weighted by atomic mass is 16.5. The van der Waals surface area contributed by atoms with Gasteiger partial charge >= 0.3 is 5.97 Å². The van der Waals surface area contributed by atoms with Crippen LogP contribution in [0.5, 0.6) is 11.5 Å². The Morgan fingerprint density at radius 1 is 1.00 bits per heavy atom. The van der Waals surface area contributed by atoms with Gasteiger partial charge in [-0.15, -0.1) is 0 Å². The topological polar surface area (TPSA) is 97.3 Å². The molecule has 0 heterocycles. The molecule has 7 heteroatoms. The molecule has 192 valence electrons. The van der Waals surface area contributed by atoms with Crippen LogP contribution >= 0.6 is 0 Å². The van der Waals surface area contributed by atoms with Gasteiger partial charge in [0.1, 0.15) is 18.1 Å². The molecule has 0 aliphatic rings. The standard InChI is InChI=1S/C29H35NO6/c1-21-4-3-5-24(16-21)20-34-14-15-35-27-9-6-23(7-10-27)12-13-30-18-28(33)25-8-11-29(36-22(2)32)26(17-25)19-31/h3-11,16-17,28,30-31,33H,12-15,18-20H2,1-2H3/t28-/m0/s1. The van der Waals surface area contributed by atoms with E-state index < -0.39 is 12.1 Å². The van der Waals surface area contributed by atoms with Gasteiger partial charge in [0.15, 0.2) is 0 Å². The van der Waals surface area contributed by atoms with Gasteiger partial charge in [-0.2, -0.15) is 0 Å². The highest BCUT2D eigenvalue weighted by Crippen LogP contribution is 2.24. The summed E-state index contributed by atoms with van der Waals surface area (Å²) in [6.45, 7) is 5.74. The van der Waals surface area contributed by atoms with E-state index in [1.807, 2.05) is 30.3 Å². The maximum absolute atomic E-state index is 11.2. The molecule has 3 N–H and O–H groups in total. The van der Waals surface area contributed by atoms with Crippen LogP contribution < -0.4 is 14.8 Å². The number of aliphatic hydroxyl groups is 2. The third-order valence-electron chi connectivity index (χ3n) is 5.59. The van der Waals surface area contributed by atoms with E-state index in [-0.39, 0.29) is 6.61 Å². The zero-order valence-corrected chi connectivity index (χ0v) is 20.9. The minimum absolute atomic E-state index is 0.281. The van der Waals surface area contributed by atoms with E-state index >= 15 is 0 Å². The molecule has 0 saturated heterocycles. The summed E-state index contributed by atoms with van der Waals surface area (Å²) in [6.07, 6.45) is 0.0606. The van der Waals surface area contributed by atoms with Gasteiger partial charge in [0.2, 0.25) is 0 Å². The second kappa shape index (κ2) is 14.4. The minimum Gasteiger partial charge on any atom is -0.491 e. The third kappa shape index (κ3) is 9.09. The zero-order chi connectivity index (χ0) is 25.8. The monoisotopic (exact) mass is 493 g/mol. The van der Waals surface area contributed by atoms with E-state index in [9.17, 15) is 15.0 Å². The molecule has 0 aliphatic carbocycles. The molecular formula is C29H35NO6. The van der Waals surface area contributed by atoms with Crippen molar-refractivity contribution in [1.82, 2.24) is 5.32 Å². The highest BCUT2D eigenvalue weighted by molar-refractivity contribution is 5.69. The fourth-order valence-corrected chi connectivity index (χ4v) is 3.74. The number of carbonyl (C=O) groups is 1. The Balaban J connectivity index is 1.33. The lowest BCUT2D eigenvalue weighted by molar-refractivity contribution is -0.131. The lowest BCUT2D eigenvalue weighted by Crippen LogP contribution is -2.24. The second-order valence-electron chi connectivity index (χ2n) is 8.62. The van der Waals surface area contributed by atoms with Crippen LogP contribution in [0.3, 0.4) is 0 Å². The van der Waals surface area contributed by atoms with Gasteiger partial charge in [-0.1, -0.05) is 48.0 Å². The minimum atomic E-state index is -0.745. The number of benzene rings is 3. The number of hydrogen-bond acceptors (Lipinski definition) is 7. The first-order valence-electron chi connectivity index (χ1n) is 12.1. The van der Waals surface area contributed by atoms with Crippen LogP contribution in [-0.2, 0) is 29.2 Å². The quantitative estimate of drug-likeness (QED) is 0.178. The van der Waals surface area contributed by atoms with Crippen molar-refractivity contribution in [2.24, 2.45) is 0 Å². The largest absolute Gasteiger partial charge is 0.491 e. The van der Waals surface area contributed by atoms with Gasteiger partial charge in [-0.25, -0.2) is 0 Å². The first kappa shape index (κ1) is 27.4. The molecule has 3 aromatic carbocycles. The Hall–Kier alpha value is -3.23. The Morgan fingerprint density at radius 2 is 1.81 bits per heavy atom. The van der Waals surface area contributed by atoms with E-state index in [1.165, 1.54) is 12.5 Å². The molecule has 3 rings (SSSR count). The van der Waals surface area contributed by atoms with Crippen molar-refractivity contribution in [2.75, 3.05) is 26.3 Å². The van der Waals surface area contributed by atoms with Gasteiger partial charge in [0.05, 0.1) is 25.9 Å². The molecule has 0 bridgehead atoms. The number of hydrogen-bond donors (Lipinski definition) is 3. The van der Waals surface area contributed by atoms with Crippen molar-refractivity contribution in [1.29, 1.82) is 0 Å². The maximum Gasteiger partial charge on any atom is 0.308 e. The number of nitrogens with one attached hydrogen (secondary N) is 1. The summed E-state index contributed by atoms with van der Waals surface area (Å²) in [4.78, 5) is 11.2. The normalized spacial score (nSPS) is 11.8. The molecule has 7 nitrogen and oxygen atoms in total. The predicted octanol–water partition coefficient (Wildman–Crippen LogP) is 3.87. The Bertz CT molecular complexity index is 1100. The first-order valence-corrected chi connectivity index (χ1v) is 12.1. The number of aliphatic hydroxyl groups excluding tert-OH is 2. The summed E-state index contributed by atoms with van der Waals surface area (Å²) in [5.74, 6) is 0.650. The smallest absolute Gasteiger partial charge is 0.308 e. The van der Waals surface area contributed by atoms with Crippen LogP contribution in [0.1, 0.15) is 40.8 Å². The van der Waals surface area contributed by atoms with Crippen molar-refractivity contribution >= 4 is 5.97 Å². The second-order valence-corrected chi connectivity index (χ2v) is 8.62. The molecule has 0 fully saturated rings. The van der Waals surface area contributed by atoms with Crippen LogP contribution in [-0.4, -0.2) is 42.5 Å². The molecule has 0 spiro atoms. The lowest BCUT2D eigenvalue weighted by Gasteiger charge is -2.15. The molecular weight excluding hydrogens is 458 g/mol. The van der Waals surface area contributed by atoms with Gasteiger partial charge in [-0.3, -0.25) is 4.79 Å². The molecule has 0 aromatic heterocycles. The summed E-state index contributed by atoms with van der Waals surface area (Å²) in [5.41, 5.74) is 4.65. The third-order valence-corrected chi connectivity index (χ3v) is 5.59. The van der Waals surface area contributed by atoms with Crippen LogP contribution in [0.15, 0.2) is 66.7 Å². The molecule has 0 aliphatic heterocycles. The molecule has 3 aromatic rings. The van der Waals surface area contributed by atoms with Crippen LogP contribution in [0.4, 0.5) is 0 Å². The number of aryl methyl sites for hydroxylation is 1. The Morgan fingerprint density at radius 3 is 2.53 bits per heavy atom. The zero-order valence-electron chi connectivity index (χ0n) is 20.9. The van der Waals surface area contributed by atoms with E-state index in [2.05, 4.69) is 30.4 Å². The molecule has 0 unspecified atom stereocenters. The fourth-order valence-electron chi connectivity index (χ4n) is 3.74. The predicted molar refractivity (Wildman–Crippen MR) is 138 cm³/mol. The first-order chi connectivity index (χ1) is 17.4. The van der Waals surface area contributed by atoms with Crippen LogP contribution in [0, 0.1) is 6.92 Å². The molecule has 1 atom stereocenters. The number of ether oxygens (including phenoxy) is 3. The SMILES string of the molecule is CC(=O)Oc1ccc([C@@H](O)CNCCc2ccc(OCCOCc3cccc(C)c3)cc2)cc1CO. The van der Waals surface area contributed by atoms with Crippen molar-refractivity contribution in [3.63, 3.8) is 0 Å². The van der Waals surface area contributed by atoms with E-state index in [0.717, 1.165) is 23.3 Å².